The third kappa shape index (κ3) is 4.89. The number of nitro benzene ring substituents is 1. The van der Waals surface area contributed by atoms with Crippen LogP contribution in [0.25, 0.3) is 0 Å². The fraction of sp³-hybridized carbons (Fsp3) is 0.0667. The zero-order valence-electron chi connectivity index (χ0n) is 11.8. The van der Waals surface area contributed by atoms with Crippen LogP contribution in [0.2, 0.25) is 0 Å². The van der Waals surface area contributed by atoms with Crippen LogP contribution in [0, 0.1) is 10.1 Å². The van der Waals surface area contributed by atoms with Gasteiger partial charge in [-0.3, -0.25) is 10.1 Å². The Balaban J connectivity index is 1.95. The summed E-state index contributed by atoms with van der Waals surface area (Å²) in [4.78, 5) is 26.6. The number of nitro groups is 1. The van der Waals surface area contributed by atoms with Crippen LogP contribution in [0.15, 0.2) is 58.2 Å². The van der Waals surface area contributed by atoms with E-state index in [2.05, 4.69) is 21.1 Å². The second-order valence-corrected chi connectivity index (χ2v) is 5.48. The lowest BCUT2D eigenvalue weighted by Gasteiger charge is -2.02. The predicted molar refractivity (Wildman–Crippen MR) is 88.0 cm³/mol. The summed E-state index contributed by atoms with van der Waals surface area (Å²) in [5.41, 5.74) is 6.74. The maximum absolute atomic E-state index is 11.8. The molecule has 0 heterocycles. The van der Waals surface area contributed by atoms with E-state index in [9.17, 15) is 14.9 Å². The Kier molecular flexibility index (Phi) is 5.42. The van der Waals surface area contributed by atoms with Gasteiger partial charge in [-0.05, 0) is 29.8 Å². The van der Waals surface area contributed by atoms with Crippen molar-refractivity contribution in [2.75, 3.05) is 0 Å². The molecule has 2 aromatic rings. The van der Waals surface area contributed by atoms with E-state index >= 15 is 0 Å². The molecule has 8 heteroatoms. The molecule has 2 rings (SSSR count). The van der Waals surface area contributed by atoms with Gasteiger partial charge in [0, 0.05) is 23.0 Å². The number of nitrogens with two attached hydrogens (primary N) is 1. The lowest BCUT2D eigenvalue weighted by Crippen LogP contribution is -2.16. The largest absolute Gasteiger partial charge is 0.384 e. The van der Waals surface area contributed by atoms with Crippen molar-refractivity contribution in [1.82, 2.24) is 0 Å². The first-order chi connectivity index (χ1) is 11.0. The molecule has 7 nitrogen and oxygen atoms in total. The number of benzene rings is 2. The van der Waals surface area contributed by atoms with E-state index < -0.39 is 10.9 Å². The van der Waals surface area contributed by atoms with E-state index in [4.69, 9.17) is 10.6 Å². The van der Waals surface area contributed by atoms with Gasteiger partial charge in [0.25, 0.3) is 5.69 Å². The lowest BCUT2D eigenvalue weighted by molar-refractivity contribution is -0.384. The van der Waals surface area contributed by atoms with E-state index in [0.29, 0.717) is 5.56 Å². The Morgan fingerprint density at radius 2 is 1.78 bits per heavy atom. The number of halogens is 1. The summed E-state index contributed by atoms with van der Waals surface area (Å²) in [6, 6.07) is 12.5. The zero-order valence-corrected chi connectivity index (χ0v) is 13.4. The molecule has 0 aliphatic heterocycles. The average Bonchev–Trinajstić information content (AvgIpc) is 2.54. The molecule has 0 spiro atoms. The molecule has 0 aromatic heterocycles. The van der Waals surface area contributed by atoms with Crippen molar-refractivity contribution in [3.8, 4) is 0 Å². The summed E-state index contributed by atoms with van der Waals surface area (Å²) in [6.07, 6.45) is 0.214. The normalized spacial score (nSPS) is 11.1. The van der Waals surface area contributed by atoms with Crippen LogP contribution < -0.4 is 5.73 Å². The molecule has 2 aromatic carbocycles. The summed E-state index contributed by atoms with van der Waals surface area (Å²) < 4.78 is 0.843. The number of oxime groups is 1. The minimum absolute atomic E-state index is 0.00840. The monoisotopic (exact) mass is 377 g/mol. The van der Waals surface area contributed by atoms with Gasteiger partial charge in [0.05, 0.1) is 10.5 Å². The molecule has 0 radical (unpaired) electrons. The molecule has 0 fully saturated rings. The Labute approximate surface area is 140 Å². The minimum atomic E-state index is -0.621. The maximum Gasteiger partial charge on any atom is 0.365 e. The highest BCUT2D eigenvalue weighted by molar-refractivity contribution is 9.10. The van der Waals surface area contributed by atoms with E-state index in [1.165, 1.54) is 12.1 Å². The number of carbonyl (C=O) groups excluding carboxylic acids is 1. The fourth-order valence-corrected chi connectivity index (χ4v) is 1.98. The summed E-state index contributed by atoms with van der Waals surface area (Å²) >= 11 is 3.27. The van der Waals surface area contributed by atoms with Crippen molar-refractivity contribution in [2.45, 2.75) is 6.42 Å². The van der Waals surface area contributed by atoms with Gasteiger partial charge in [-0.15, -0.1) is 0 Å². The van der Waals surface area contributed by atoms with Crippen molar-refractivity contribution >= 4 is 33.4 Å². The van der Waals surface area contributed by atoms with Crippen LogP contribution in [-0.4, -0.2) is 16.7 Å². The molecule has 0 bridgehead atoms. The van der Waals surface area contributed by atoms with Gasteiger partial charge in [0.15, 0.2) is 0 Å². The van der Waals surface area contributed by atoms with Gasteiger partial charge in [-0.1, -0.05) is 33.2 Å². The lowest BCUT2D eigenvalue weighted by atomic mass is 10.1. The average molecular weight is 378 g/mol. The van der Waals surface area contributed by atoms with E-state index in [-0.39, 0.29) is 17.9 Å². The highest BCUT2D eigenvalue weighted by atomic mass is 79.9. The number of non-ortho nitro benzene ring substituents is 1. The Hall–Kier alpha value is -2.74. The van der Waals surface area contributed by atoms with Crippen molar-refractivity contribution < 1.29 is 14.6 Å². The van der Waals surface area contributed by atoms with Crippen molar-refractivity contribution in [1.29, 1.82) is 0 Å². The number of rotatable bonds is 5. The second kappa shape index (κ2) is 7.50. The molecule has 0 aliphatic carbocycles. The fourth-order valence-electron chi connectivity index (χ4n) is 1.72. The summed E-state index contributed by atoms with van der Waals surface area (Å²) in [5.74, 6) is -0.534. The first-order valence-electron chi connectivity index (χ1n) is 6.48. The predicted octanol–water partition coefficient (Wildman–Crippen LogP) is 3.03. The van der Waals surface area contributed by atoms with Gasteiger partial charge in [-0.2, -0.15) is 0 Å². The Morgan fingerprint density at radius 3 is 2.35 bits per heavy atom. The van der Waals surface area contributed by atoms with Crippen LogP contribution in [0.1, 0.15) is 15.9 Å². The van der Waals surface area contributed by atoms with Gasteiger partial charge < -0.3 is 10.6 Å². The van der Waals surface area contributed by atoms with Gasteiger partial charge in [0.2, 0.25) is 0 Å². The first kappa shape index (κ1) is 16.6. The molecule has 0 unspecified atom stereocenters. The first-order valence-corrected chi connectivity index (χ1v) is 7.27. The van der Waals surface area contributed by atoms with E-state index in [1.54, 1.807) is 36.4 Å². The second-order valence-electron chi connectivity index (χ2n) is 4.57. The van der Waals surface area contributed by atoms with Gasteiger partial charge >= 0.3 is 5.97 Å². The highest BCUT2D eigenvalue weighted by Gasteiger charge is 2.08. The Bertz CT molecular complexity index is 742. The highest BCUT2D eigenvalue weighted by Crippen LogP contribution is 2.13. The molecular weight excluding hydrogens is 366 g/mol. The van der Waals surface area contributed by atoms with Crippen LogP contribution in [-0.2, 0) is 11.3 Å². The van der Waals surface area contributed by atoms with Crippen LogP contribution in [0.3, 0.4) is 0 Å². The van der Waals surface area contributed by atoms with Gasteiger partial charge in [-0.25, -0.2) is 4.79 Å². The molecule has 0 saturated heterocycles. The third-order valence-corrected chi connectivity index (χ3v) is 3.39. The molecule has 23 heavy (non-hydrogen) atoms. The quantitative estimate of drug-likeness (QED) is 0.283. The molecule has 0 amide bonds. The molecule has 118 valence electrons. The summed E-state index contributed by atoms with van der Waals surface area (Å²) in [6.45, 7) is 0. The summed E-state index contributed by atoms with van der Waals surface area (Å²) in [7, 11) is 0. The summed E-state index contributed by atoms with van der Waals surface area (Å²) in [5, 5.41) is 14.1. The van der Waals surface area contributed by atoms with E-state index in [0.717, 1.165) is 10.0 Å². The van der Waals surface area contributed by atoms with Crippen molar-refractivity contribution in [2.24, 2.45) is 10.9 Å². The molecular formula is C15H12BrN3O4. The number of hydrogen-bond donors (Lipinski definition) is 1. The van der Waals surface area contributed by atoms with Crippen LogP contribution >= 0.6 is 15.9 Å². The number of hydrogen-bond acceptors (Lipinski definition) is 5. The number of nitrogens with zero attached hydrogens (tertiary/aromatic N) is 2. The van der Waals surface area contributed by atoms with Crippen LogP contribution in [0.5, 0.6) is 0 Å². The van der Waals surface area contributed by atoms with Crippen LogP contribution in [0.4, 0.5) is 5.69 Å². The topological polar surface area (TPSA) is 108 Å². The molecule has 0 atom stereocenters. The maximum atomic E-state index is 11.8. The van der Waals surface area contributed by atoms with Gasteiger partial charge in [0.1, 0.15) is 5.84 Å². The number of amidine groups is 1. The number of carbonyl (C=O) groups is 1. The molecule has 0 aliphatic rings. The van der Waals surface area contributed by atoms with Crippen molar-refractivity contribution in [3.63, 3.8) is 0 Å². The zero-order chi connectivity index (χ0) is 16.8. The molecule has 0 saturated carbocycles. The standard InChI is InChI=1S/C15H12BrN3O4/c16-12-5-3-11(4-6-12)15(20)23-18-14(17)9-10-1-7-13(8-2-10)19(21)22/h1-8H,9H2,(H2,17,18). The Morgan fingerprint density at radius 1 is 1.17 bits per heavy atom. The molecule has 2 N–H and O–H groups in total. The SMILES string of the molecule is NC(Cc1ccc([N+](=O)[O-])cc1)=NOC(=O)c1ccc(Br)cc1. The van der Waals surface area contributed by atoms with E-state index in [1.807, 2.05) is 0 Å². The van der Waals surface area contributed by atoms with Crippen molar-refractivity contribution in [3.05, 3.63) is 74.2 Å². The smallest absolute Gasteiger partial charge is 0.365 e. The minimum Gasteiger partial charge on any atom is -0.384 e. The third-order valence-electron chi connectivity index (χ3n) is 2.86.